The molecule has 0 spiro atoms. The molecule has 0 amide bonds. The number of carbonyl (C=O) groups is 1. The van der Waals surface area contributed by atoms with Gasteiger partial charge in [-0.3, -0.25) is 4.79 Å². The molecule has 1 rings (SSSR count). The molecule has 2 heteroatoms. The van der Waals surface area contributed by atoms with Crippen molar-refractivity contribution in [3.8, 4) is 0 Å². The van der Waals surface area contributed by atoms with E-state index in [1.807, 2.05) is 30.3 Å². The highest BCUT2D eigenvalue weighted by Gasteiger charge is 1.98. The van der Waals surface area contributed by atoms with Crippen molar-refractivity contribution in [3.05, 3.63) is 48.0 Å². The number of rotatable bonds is 4. The van der Waals surface area contributed by atoms with Crippen molar-refractivity contribution in [1.29, 1.82) is 0 Å². The van der Waals surface area contributed by atoms with E-state index in [1.165, 1.54) is 5.56 Å². The maximum atomic E-state index is 10.6. The van der Waals surface area contributed by atoms with Gasteiger partial charge in [-0.05, 0) is 29.1 Å². The van der Waals surface area contributed by atoms with Crippen LogP contribution < -0.4 is 0 Å². The lowest BCUT2D eigenvalue weighted by molar-refractivity contribution is -0.111. The SMILES string of the molecule is C=CCc1ccc(CC(=O)Cl)cc1. The first-order valence-corrected chi connectivity index (χ1v) is 4.47. The van der Waals surface area contributed by atoms with Gasteiger partial charge in [-0.15, -0.1) is 6.58 Å². The summed E-state index contributed by atoms with van der Waals surface area (Å²) in [6.07, 6.45) is 3.01. The zero-order chi connectivity index (χ0) is 9.68. The van der Waals surface area contributed by atoms with Crippen LogP contribution in [0.5, 0.6) is 0 Å². The Labute approximate surface area is 83.0 Å². The third-order valence-electron chi connectivity index (χ3n) is 1.75. The molecule has 0 fully saturated rings. The molecule has 0 unspecified atom stereocenters. The van der Waals surface area contributed by atoms with Crippen LogP contribution in [0.3, 0.4) is 0 Å². The van der Waals surface area contributed by atoms with Gasteiger partial charge in [0, 0.05) is 6.42 Å². The molecular weight excluding hydrogens is 184 g/mol. The monoisotopic (exact) mass is 194 g/mol. The van der Waals surface area contributed by atoms with Crippen LogP contribution in [0.1, 0.15) is 11.1 Å². The number of hydrogen-bond acceptors (Lipinski definition) is 1. The van der Waals surface area contributed by atoms with Crippen LogP contribution in [0.4, 0.5) is 0 Å². The Morgan fingerprint density at radius 2 is 1.85 bits per heavy atom. The van der Waals surface area contributed by atoms with Crippen molar-refractivity contribution in [3.63, 3.8) is 0 Å². The van der Waals surface area contributed by atoms with Crippen molar-refractivity contribution < 1.29 is 4.79 Å². The zero-order valence-corrected chi connectivity index (χ0v) is 8.05. The second-order valence-corrected chi connectivity index (χ2v) is 3.26. The number of halogens is 1. The fourth-order valence-electron chi connectivity index (χ4n) is 1.12. The third-order valence-corrected chi connectivity index (χ3v) is 1.88. The van der Waals surface area contributed by atoms with Crippen LogP contribution in [0.25, 0.3) is 0 Å². The molecule has 0 aliphatic carbocycles. The largest absolute Gasteiger partial charge is 0.281 e. The number of carbonyl (C=O) groups excluding carboxylic acids is 1. The van der Waals surface area contributed by atoms with E-state index < -0.39 is 0 Å². The first-order chi connectivity index (χ1) is 6.22. The first-order valence-electron chi connectivity index (χ1n) is 4.09. The number of hydrogen-bond donors (Lipinski definition) is 0. The van der Waals surface area contributed by atoms with Gasteiger partial charge in [-0.2, -0.15) is 0 Å². The van der Waals surface area contributed by atoms with E-state index in [4.69, 9.17) is 11.6 Å². The predicted octanol–water partition coefficient (Wildman–Crippen LogP) is 2.72. The van der Waals surface area contributed by atoms with Crippen LogP contribution in [0.2, 0.25) is 0 Å². The van der Waals surface area contributed by atoms with Gasteiger partial charge in [0.1, 0.15) is 0 Å². The minimum Gasteiger partial charge on any atom is -0.281 e. The fraction of sp³-hybridized carbons (Fsp3) is 0.182. The summed E-state index contributed by atoms with van der Waals surface area (Å²) in [6, 6.07) is 7.80. The van der Waals surface area contributed by atoms with Crippen LogP contribution in [-0.2, 0) is 17.6 Å². The molecule has 13 heavy (non-hydrogen) atoms. The molecule has 0 aliphatic heterocycles. The Kier molecular flexibility index (Phi) is 3.71. The molecule has 0 radical (unpaired) electrons. The molecule has 0 aromatic heterocycles. The summed E-state index contributed by atoms with van der Waals surface area (Å²) in [6.45, 7) is 3.65. The molecule has 1 aromatic carbocycles. The van der Waals surface area contributed by atoms with Crippen molar-refractivity contribution >= 4 is 16.8 Å². The van der Waals surface area contributed by atoms with E-state index in [-0.39, 0.29) is 5.24 Å². The smallest absolute Gasteiger partial charge is 0.226 e. The maximum Gasteiger partial charge on any atom is 0.226 e. The van der Waals surface area contributed by atoms with E-state index in [1.54, 1.807) is 0 Å². The highest BCUT2D eigenvalue weighted by atomic mass is 35.5. The molecule has 0 saturated carbocycles. The summed E-state index contributed by atoms with van der Waals surface area (Å²) in [5, 5.41) is -0.323. The second-order valence-electron chi connectivity index (χ2n) is 2.84. The summed E-state index contributed by atoms with van der Waals surface area (Å²) in [4.78, 5) is 10.6. The molecule has 0 heterocycles. The second kappa shape index (κ2) is 4.83. The molecule has 1 nitrogen and oxygen atoms in total. The molecule has 0 aliphatic rings. The van der Waals surface area contributed by atoms with Crippen LogP contribution in [0.15, 0.2) is 36.9 Å². The maximum absolute atomic E-state index is 10.6. The minimum atomic E-state index is -0.323. The molecule has 0 atom stereocenters. The Balaban J connectivity index is 2.69. The molecule has 0 N–H and O–H groups in total. The fourth-order valence-corrected chi connectivity index (χ4v) is 1.27. The molecular formula is C11H11ClO. The molecule has 0 saturated heterocycles. The van der Waals surface area contributed by atoms with Gasteiger partial charge in [-0.25, -0.2) is 0 Å². The molecule has 68 valence electrons. The standard InChI is InChI=1S/C11H11ClO/c1-2-3-9-4-6-10(7-5-9)8-11(12)13/h2,4-7H,1,3,8H2. The third kappa shape index (κ3) is 3.43. The van der Waals surface area contributed by atoms with E-state index in [9.17, 15) is 4.79 Å². The average Bonchev–Trinajstić information content (AvgIpc) is 2.08. The highest BCUT2D eigenvalue weighted by Crippen LogP contribution is 2.07. The first kappa shape index (κ1) is 10.0. The molecule has 1 aromatic rings. The lowest BCUT2D eigenvalue weighted by Gasteiger charge is -1.99. The van der Waals surface area contributed by atoms with E-state index in [2.05, 4.69) is 6.58 Å². The quantitative estimate of drug-likeness (QED) is 0.532. The van der Waals surface area contributed by atoms with Gasteiger partial charge in [0.25, 0.3) is 0 Å². The average molecular weight is 195 g/mol. The highest BCUT2D eigenvalue weighted by molar-refractivity contribution is 6.63. The van der Waals surface area contributed by atoms with E-state index >= 15 is 0 Å². The number of benzene rings is 1. The van der Waals surface area contributed by atoms with Crippen molar-refractivity contribution in [2.75, 3.05) is 0 Å². The zero-order valence-electron chi connectivity index (χ0n) is 7.29. The number of allylic oxidation sites excluding steroid dienone is 1. The van der Waals surface area contributed by atoms with Crippen molar-refractivity contribution in [2.24, 2.45) is 0 Å². The minimum absolute atomic E-state index is 0.302. The Hall–Kier alpha value is -1.08. The van der Waals surface area contributed by atoms with Gasteiger partial charge in [-0.1, -0.05) is 30.3 Å². The van der Waals surface area contributed by atoms with Crippen LogP contribution in [-0.4, -0.2) is 5.24 Å². The van der Waals surface area contributed by atoms with Crippen molar-refractivity contribution in [2.45, 2.75) is 12.8 Å². The lowest BCUT2D eigenvalue weighted by atomic mass is 10.1. The predicted molar refractivity (Wildman–Crippen MR) is 54.9 cm³/mol. The topological polar surface area (TPSA) is 17.1 Å². The summed E-state index contributed by atoms with van der Waals surface area (Å²) in [7, 11) is 0. The van der Waals surface area contributed by atoms with Crippen LogP contribution in [0, 0.1) is 0 Å². The van der Waals surface area contributed by atoms with E-state index in [0.29, 0.717) is 6.42 Å². The van der Waals surface area contributed by atoms with Gasteiger partial charge >= 0.3 is 0 Å². The van der Waals surface area contributed by atoms with Gasteiger partial charge in [0.15, 0.2) is 0 Å². The normalized spacial score (nSPS) is 9.62. The van der Waals surface area contributed by atoms with Crippen molar-refractivity contribution in [1.82, 2.24) is 0 Å². The Bertz CT molecular complexity index is 300. The van der Waals surface area contributed by atoms with Gasteiger partial charge < -0.3 is 0 Å². The van der Waals surface area contributed by atoms with Crippen LogP contribution >= 0.6 is 11.6 Å². The Morgan fingerprint density at radius 3 is 2.31 bits per heavy atom. The summed E-state index contributed by atoms with van der Waals surface area (Å²) in [5.74, 6) is 0. The van der Waals surface area contributed by atoms with E-state index in [0.717, 1.165) is 12.0 Å². The molecule has 0 bridgehead atoms. The summed E-state index contributed by atoms with van der Waals surface area (Å²) < 4.78 is 0. The summed E-state index contributed by atoms with van der Waals surface area (Å²) in [5.41, 5.74) is 2.15. The van der Waals surface area contributed by atoms with Gasteiger partial charge in [0.2, 0.25) is 5.24 Å². The Morgan fingerprint density at radius 1 is 1.31 bits per heavy atom. The summed E-state index contributed by atoms with van der Waals surface area (Å²) >= 11 is 5.26. The lowest BCUT2D eigenvalue weighted by Crippen LogP contribution is -1.93. The van der Waals surface area contributed by atoms with Gasteiger partial charge in [0.05, 0.1) is 0 Å².